The number of hydrogen-bond donors (Lipinski definition) is 1. The van der Waals surface area contributed by atoms with Crippen LogP contribution in [0.1, 0.15) is 19.4 Å². The third kappa shape index (κ3) is 2.72. The molecule has 0 bridgehead atoms. The number of nitrogens with one attached hydrogen (secondary N) is 1. The zero-order chi connectivity index (χ0) is 20.1. The Kier molecular flexibility index (Phi) is 4.31. The highest BCUT2D eigenvalue weighted by Gasteiger charge is 2.38. The van der Waals surface area contributed by atoms with Gasteiger partial charge in [0.1, 0.15) is 11.5 Å². The van der Waals surface area contributed by atoms with E-state index in [4.69, 9.17) is 12.2 Å². The molecule has 2 aliphatic heterocycles. The summed E-state index contributed by atoms with van der Waals surface area (Å²) < 4.78 is 14.1. The highest BCUT2D eigenvalue weighted by Crippen LogP contribution is 2.46. The Labute approximate surface area is 169 Å². The molecule has 28 heavy (non-hydrogen) atoms. The quantitative estimate of drug-likeness (QED) is 0.611. The number of likely N-dealkylation sites (N-methyl/N-ethyl adjacent to an activating group) is 1. The summed E-state index contributed by atoms with van der Waals surface area (Å²) in [6, 6.07) is 14.3. The molecule has 6 heteroatoms. The molecule has 1 amide bonds. The molecule has 2 aromatic rings. The number of fused-ring (bicyclic) bond motifs is 1. The molecule has 1 fully saturated rings. The van der Waals surface area contributed by atoms with Gasteiger partial charge in [0.25, 0.3) is 5.91 Å². The molecule has 4 rings (SSSR count). The summed E-state index contributed by atoms with van der Waals surface area (Å²) in [6.45, 7) is 4.31. The van der Waals surface area contributed by atoms with Gasteiger partial charge in [0, 0.05) is 23.8 Å². The molecular weight excluding hydrogens is 373 g/mol. The van der Waals surface area contributed by atoms with Gasteiger partial charge in [-0.1, -0.05) is 44.2 Å². The lowest BCUT2D eigenvalue weighted by atomic mass is 9.84. The van der Waals surface area contributed by atoms with E-state index in [-0.39, 0.29) is 22.1 Å². The van der Waals surface area contributed by atoms with E-state index in [9.17, 15) is 9.18 Å². The maximum absolute atomic E-state index is 14.1. The maximum Gasteiger partial charge on any atom is 0.281 e. The van der Waals surface area contributed by atoms with Crippen molar-refractivity contribution in [3.05, 3.63) is 83.5 Å². The van der Waals surface area contributed by atoms with E-state index in [0.29, 0.717) is 5.70 Å². The van der Waals surface area contributed by atoms with Crippen LogP contribution in [0.5, 0.6) is 0 Å². The van der Waals surface area contributed by atoms with E-state index in [2.05, 4.69) is 36.2 Å². The fraction of sp³-hybridized carbons (Fsp3) is 0.182. The predicted molar refractivity (Wildman–Crippen MR) is 114 cm³/mol. The van der Waals surface area contributed by atoms with E-state index in [1.165, 1.54) is 22.6 Å². The van der Waals surface area contributed by atoms with Gasteiger partial charge >= 0.3 is 0 Å². The van der Waals surface area contributed by atoms with Gasteiger partial charge in [-0.15, -0.1) is 0 Å². The molecule has 0 saturated carbocycles. The van der Waals surface area contributed by atoms with Crippen molar-refractivity contribution in [2.45, 2.75) is 19.3 Å². The molecule has 2 heterocycles. The van der Waals surface area contributed by atoms with E-state index in [1.54, 1.807) is 18.2 Å². The summed E-state index contributed by atoms with van der Waals surface area (Å²) in [5, 5.41) is 3.07. The Bertz CT molecular complexity index is 1060. The van der Waals surface area contributed by atoms with Crippen LogP contribution >= 0.6 is 12.2 Å². The molecule has 1 saturated heterocycles. The number of amides is 1. The fourth-order valence-electron chi connectivity index (χ4n) is 3.87. The largest absolute Gasteiger partial charge is 0.347 e. The topological polar surface area (TPSA) is 35.6 Å². The number of benzene rings is 2. The van der Waals surface area contributed by atoms with Crippen molar-refractivity contribution in [3.63, 3.8) is 0 Å². The van der Waals surface area contributed by atoms with E-state index in [0.717, 1.165) is 11.4 Å². The minimum absolute atomic E-state index is 0.145. The van der Waals surface area contributed by atoms with Crippen LogP contribution in [0, 0.1) is 5.82 Å². The summed E-state index contributed by atoms with van der Waals surface area (Å²) in [5.74, 6) is -0.866. The first-order valence-electron chi connectivity index (χ1n) is 8.98. The minimum atomic E-state index is -0.494. The van der Waals surface area contributed by atoms with E-state index in [1.807, 2.05) is 25.3 Å². The molecule has 4 nitrogen and oxygen atoms in total. The number of hydrogen-bond acceptors (Lipinski definition) is 3. The summed E-state index contributed by atoms with van der Waals surface area (Å²) in [5.41, 5.74) is 3.71. The molecular formula is C22H20FN3OS. The smallest absolute Gasteiger partial charge is 0.281 e. The van der Waals surface area contributed by atoms with Crippen molar-refractivity contribution in [1.29, 1.82) is 0 Å². The van der Waals surface area contributed by atoms with Crippen LogP contribution in [0.2, 0.25) is 0 Å². The van der Waals surface area contributed by atoms with Crippen molar-refractivity contribution in [3.8, 4) is 0 Å². The summed E-state index contributed by atoms with van der Waals surface area (Å²) in [7, 11) is 2.01. The highest BCUT2D eigenvalue weighted by molar-refractivity contribution is 7.80. The molecule has 0 spiro atoms. The number of rotatable bonds is 2. The van der Waals surface area contributed by atoms with Crippen LogP contribution < -0.4 is 15.1 Å². The zero-order valence-electron chi connectivity index (χ0n) is 15.9. The van der Waals surface area contributed by atoms with Gasteiger partial charge in [-0.25, -0.2) is 9.29 Å². The predicted octanol–water partition coefficient (Wildman–Crippen LogP) is 4.24. The van der Waals surface area contributed by atoms with Crippen LogP contribution in [0.25, 0.3) is 0 Å². The molecule has 0 atom stereocenters. The second-order valence-corrected chi connectivity index (χ2v) is 7.74. The second-order valence-electron chi connectivity index (χ2n) is 7.36. The second kappa shape index (κ2) is 6.56. The first-order chi connectivity index (χ1) is 13.3. The van der Waals surface area contributed by atoms with Crippen molar-refractivity contribution in [1.82, 2.24) is 5.32 Å². The summed E-state index contributed by atoms with van der Waals surface area (Å²) >= 11 is 5.27. The molecule has 0 unspecified atom stereocenters. The van der Waals surface area contributed by atoms with Crippen molar-refractivity contribution in [2.24, 2.45) is 0 Å². The first-order valence-corrected chi connectivity index (χ1v) is 9.39. The molecule has 2 aromatic carbocycles. The van der Waals surface area contributed by atoms with Gasteiger partial charge in [0.2, 0.25) is 0 Å². The number of carbonyl (C=O) groups is 1. The summed E-state index contributed by atoms with van der Waals surface area (Å²) in [4.78, 5) is 16.1. The molecule has 0 aliphatic carbocycles. The van der Waals surface area contributed by atoms with Gasteiger partial charge in [0.15, 0.2) is 5.11 Å². The summed E-state index contributed by atoms with van der Waals surface area (Å²) in [6.07, 6.45) is 3.64. The number of halogens is 1. The molecule has 0 aromatic heterocycles. The number of allylic oxidation sites excluding steroid dienone is 3. The lowest BCUT2D eigenvalue weighted by Crippen LogP contribution is -2.31. The van der Waals surface area contributed by atoms with Crippen LogP contribution in [0.3, 0.4) is 0 Å². The van der Waals surface area contributed by atoms with E-state index >= 15 is 0 Å². The average Bonchev–Trinajstić information content (AvgIpc) is 3.05. The zero-order valence-corrected chi connectivity index (χ0v) is 16.7. The Morgan fingerprint density at radius 2 is 1.68 bits per heavy atom. The van der Waals surface area contributed by atoms with Crippen LogP contribution in [0.4, 0.5) is 15.8 Å². The van der Waals surface area contributed by atoms with Crippen LogP contribution in [0.15, 0.2) is 72.1 Å². The Balaban J connectivity index is 1.69. The Morgan fingerprint density at radius 3 is 2.36 bits per heavy atom. The first kappa shape index (κ1) is 18.4. The lowest BCUT2D eigenvalue weighted by Gasteiger charge is -2.23. The van der Waals surface area contributed by atoms with Gasteiger partial charge < -0.3 is 10.2 Å². The SMILES string of the molecule is CN1/C(=C\C=C2\NC(=S)N(c3ccccc3F)C2=O)C(C)(C)c2ccccc21. The monoisotopic (exact) mass is 393 g/mol. The number of thiocarbonyl (C=S) groups is 1. The Hall–Kier alpha value is -2.99. The van der Waals surface area contributed by atoms with Crippen LogP contribution in [-0.4, -0.2) is 18.1 Å². The lowest BCUT2D eigenvalue weighted by molar-refractivity contribution is -0.113. The van der Waals surface area contributed by atoms with Crippen molar-refractivity contribution in [2.75, 3.05) is 16.8 Å². The average molecular weight is 393 g/mol. The minimum Gasteiger partial charge on any atom is -0.347 e. The van der Waals surface area contributed by atoms with Crippen LogP contribution in [-0.2, 0) is 10.2 Å². The molecule has 0 radical (unpaired) electrons. The molecule has 2 aliphatic rings. The van der Waals surface area contributed by atoms with Gasteiger partial charge in [-0.2, -0.15) is 0 Å². The third-order valence-electron chi connectivity index (χ3n) is 5.32. The van der Waals surface area contributed by atoms with Gasteiger partial charge in [-0.3, -0.25) is 4.79 Å². The van der Waals surface area contributed by atoms with Gasteiger partial charge in [0.05, 0.1) is 5.69 Å². The van der Waals surface area contributed by atoms with Crippen molar-refractivity contribution < 1.29 is 9.18 Å². The standard InChI is InChI=1S/C22H20FN3OS/c1-22(2)14-8-4-6-10-17(14)25(3)19(22)13-12-16-20(27)26(21(28)24-16)18-11-7-5-9-15(18)23/h4-13H,1-3H3,(H,24,28)/b16-12+,19-13-. The molecule has 1 N–H and O–H groups in total. The normalized spacial score (nSPS) is 20.9. The Morgan fingerprint density at radius 1 is 1.04 bits per heavy atom. The highest BCUT2D eigenvalue weighted by atomic mass is 32.1. The number of para-hydroxylation sites is 2. The molecule has 142 valence electrons. The number of carbonyl (C=O) groups excluding carboxylic acids is 1. The van der Waals surface area contributed by atoms with Crippen molar-refractivity contribution >= 4 is 34.6 Å². The van der Waals surface area contributed by atoms with Gasteiger partial charge in [-0.05, 0) is 48.1 Å². The van der Waals surface area contributed by atoms with E-state index < -0.39 is 5.82 Å². The third-order valence-corrected chi connectivity index (χ3v) is 5.60. The fourth-order valence-corrected chi connectivity index (χ4v) is 4.16. The number of anilines is 2. The number of nitrogens with zero attached hydrogens (tertiary/aromatic N) is 2. The maximum atomic E-state index is 14.1.